The molecule has 0 radical (unpaired) electrons. The van der Waals surface area contributed by atoms with Crippen LogP contribution < -0.4 is 5.32 Å². The first-order chi connectivity index (χ1) is 13.3. The molecule has 1 heterocycles. The van der Waals surface area contributed by atoms with E-state index in [0.29, 0.717) is 0 Å². The van der Waals surface area contributed by atoms with Crippen molar-refractivity contribution >= 4 is 28.6 Å². The molecule has 3 nitrogen and oxygen atoms in total. The summed E-state index contributed by atoms with van der Waals surface area (Å²) in [6.07, 6.45) is 0.0601. The van der Waals surface area contributed by atoms with Gasteiger partial charge in [0, 0.05) is 23.4 Å². The monoisotopic (exact) mass is 404 g/mol. The minimum atomic E-state index is -4.29. The van der Waals surface area contributed by atoms with Crippen LogP contribution in [0.3, 0.4) is 0 Å². The van der Waals surface area contributed by atoms with Gasteiger partial charge in [0.15, 0.2) is 0 Å². The van der Waals surface area contributed by atoms with Crippen LogP contribution in [-0.4, -0.2) is 28.7 Å². The third-order valence-electron chi connectivity index (χ3n) is 4.29. The molecule has 0 bridgehead atoms. The van der Waals surface area contributed by atoms with Crippen molar-refractivity contribution in [2.24, 2.45) is 0 Å². The van der Waals surface area contributed by atoms with Gasteiger partial charge in [0.05, 0.1) is 11.9 Å². The van der Waals surface area contributed by atoms with Crippen LogP contribution in [0.1, 0.15) is 11.3 Å². The Morgan fingerprint density at radius 1 is 1.07 bits per heavy atom. The average molecular weight is 404 g/mol. The van der Waals surface area contributed by atoms with E-state index in [1.807, 2.05) is 61.5 Å². The lowest BCUT2D eigenvalue weighted by molar-refractivity contribution is -0.120. The minimum absolute atomic E-state index is 0.0380. The number of carbonyl (C=O) groups excluding carboxylic acids is 1. The number of carbonyl (C=O) groups is 1. The van der Waals surface area contributed by atoms with Crippen molar-refractivity contribution in [3.05, 3.63) is 65.9 Å². The van der Waals surface area contributed by atoms with E-state index < -0.39 is 5.51 Å². The second-order valence-corrected chi connectivity index (χ2v) is 7.41. The summed E-state index contributed by atoms with van der Waals surface area (Å²) in [6.45, 7) is 1.81. The SMILES string of the molecule is Cc1nc2ccccc2c(-c2ccccc2)c1CC(=O)NCCSC(F)(F)F. The average Bonchev–Trinajstić information content (AvgIpc) is 2.66. The van der Waals surface area contributed by atoms with E-state index in [1.54, 1.807) is 0 Å². The quantitative estimate of drug-likeness (QED) is 0.580. The largest absolute Gasteiger partial charge is 0.441 e. The third-order valence-corrected chi connectivity index (χ3v) is 5.03. The van der Waals surface area contributed by atoms with E-state index in [0.717, 1.165) is 33.3 Å². The molecular weight excluding hydrogens is 385 g/mol. The van der Waals surface area contributed by atoms with Gasteiger partial charge in [-0.05, 0) is 41.4 Å². The number of hydrogen-bond acceptors (Lipinski definition) is 3. The van der Waals surface area contributed by atoms with Gasteiger partial charge < -0.3 is 5.32 Å². The number of pyridine rings is 1. The Labute approximate surface area is 165 Å². The zero-order valence-corrected chi connectivity index (χ0v) is 16.0. The zero-order chi connectivity index (χ0) is 20.1. The van der Waals surface area contributed by atoms with E-state index >= 15 is 0 Å². The number of para-hydroxylation sites is 1. The number of nitrogens with one attached hydrogen (secondary N) is 1. The van der Waals surface area contributed by atoms with Crippen molar-refractivity contribution in [3.63, 3.8) is 0 Å². The summed E-state index contributed by atoms with van der Waals surface area (Å²) in [5, 5.41) is 3.51. The highest BCUT2D eigenvalue weighted by Gasteiger charge is 2.27. The molecule has 0 atom stereocenters. The number of benzene rings is 2. The number of thioether (sulfide) groups is 1. The first-order valence-electron chi connectivity index (χ1n) is 8.76. The molecule has 0 saturated carbocycles. The van der Waals surface area contributed by atoms with Crippen LogP contribution in [-0.2, 0) is 11.2 Å². The number of aromatic nitrogens is 1. The number of aryl methyl sites for hydroxylation is 1. The second-order valence-electron chi connectivity index (χ2n) is 6.25. The molecule has 28 heavy (non-hydrogen) atoms. The lowest BCUT2D eigenvalue weighted by atomic mass is 9.92. The van der Waals surface area contributed by atoms with Crippen molar-refractivity contribution in [1.82, 2.24) is 10.3 Å². The smallest absolute Gasteiger partial charge is 0.355 e. The van der Waals surface area contributed by atoms with Gasteiger partial charge in [-0.3, -0.25) is 9.78 Å². The van der Waals surface area contributed by atoms with Crippen LogP contribution in [0.25, 0.3) is 22.0 Å². The molecule has 1 amide bonds. The summed E-state index contributed by atoms with van der Waals surface area (Å²) in [5.74, 6) is -0.532. The van der Waals surface area contributed by atoms with Gasteiger partial charge in [0.25, 0.3) is 0 Å². The maximum atomic E-state index is 12.4. The van der Waals surface area contributed by atoms with Crippen LogP contribution in [0.4, 0.5) is 13.2 Å². The van der Waals surface area contributed by atoms with Gasteiger partial charge in [-0.15, -0.1) is 0 Å². The standard InChI is InChI=1S/C21H19F3N2OS/c1-14-17(13-19(27)25-11-12-28-21(22,23)24)20(15-7-3-2-4-8-15)16-9-5-6-10-18(16)26-14/h2-10H,11-13H2,1H3,(H,25,27). The highest BCUT2D eigenvalue weighted by molar-refractivity contribution is 8.00. The van der Waals surface area contributed by atoms with Crippen LogP contribution in [0, 0.1) is 6.92 Å². The fraction of sp³-hybridized carbons (Fsp3) is 0.238. The van der Waals surface area contributed by atoms with E-state index in [9.17, 15) is 18.0 Å². The van der Waals surface area contributed by atoms with E-state index in [-0.39, 0.29) is 36.4 Å². The molecule has 0 spiro atoms. The summed E-state index contributed by atoms with van der Waals surface area (Å²) in [5.41, 5.74) is -0.0275. The molecule has 0 saturated heterocycles. The molecule has 7 heteroatoms. The fourth-order valence-corrected chi connectivity index (χ4v) is 3.54. The maximum Gasteiger partial charge on any atom is 0.441 e. The molecule has 3 aromatic rings. The summed E-state index contributed by atoms with van der Waals surface area (Å²) in [4.78, 5) is 17.0. The predicted octanol–water partition coefficient (Wildman–Crippen LogP) is 5.12. The number of nitrogens with zero attached hydrogens (tertiary/aromatic N) is 1. The highest BCUT2D eigenvalue weighted by Crippen LogP contribution is 2.33. The number of hydrogen-bond donors (Lipinski definition) is 1. The van der Waals surface area contributed by atoms with Gasteiger partial charge >= 0.3 is 5.51 Å². The van der Waals surface area contributed by atoms with Gasteiger partial charge in [0.2, 0.25) is 5.91 Å². The van der Waals surface area contributed by atoms with E-state index in [1.165, 1.54) is 0 Å². The Morgan fingerprint density at radius 3 is 2.46 bits per heavy atom. The topological polar surface area (TPSA) is 42.0 Å². The normalized spacial score (nSPS) is 11.6. The third kappa shape index (κ3) is 5.04. The highest BCUT2D eigenvalue weighted by atomic mass is 32.2. The van der Waals surface area contributed by atoms with Crippen LogP contribution in [0.2, 0.25) is 0 Å². The summed E-state index contributed by atoms with van der Waals surface area (Å²) in [6, 6.07) is 17.4. The number of amides is 1. The Hall–Kier alpha value is -2.54. The van der Waals surface area contributed by atoms with Crippen molar-refractivity contribution in [2.45, 2.75) is 18.9 Å². The minimum Gasteiger partial charge on any atom is -0.355 e. The first kappa shape index (κ1) is 20.2. The van der Waals surface area contributed by atoms with Crippen LogP contribution in [0.5, 0.6) is 0 Å². The van der Waals surface area contributed by atoms with Gasteiger partial charge in [-0.2, -0.15) is 13.2 Å². The Balaban J connectivity index is 1.88. The van der Waals surface area contributed by atoms with Gasteiger partial charge in [-0.25, -0.2) is 0 Å². The van der Waals surface area contributed by atoms with Crippen molar-refractivity contribution in [3.8, 4) is 11.1 Å². The molecule has 0 aliphatic rings. The number of alkyl halides is 3. The molecular formula is C21H19F3N2OS. The molecule has 3 rings (SSSR count). The molecule has 146 valence electrons. The molecule has 1 aromatic heterocycles. The fourth-order valence-electron chi connectivity index (χ4n) is 3.11. The summed E-state index contributed by atoms with van der Waals surface area (Å²) < 4.78 is 36.6. The number of fused-ring (bicyclic) bond motifs is 1. The number of rotatable bonds is 6. The lowest BCUT2D eigenvalue weighted by Gasteiger charge is -2.16. The van der Waals surface area contributed by atoms with E-state index in [2.05, 4.69) is 10.3 Å². The molecule has 0 aliphatic heterocycles. The Bertz CT molecular complexity index is 975. The first-order valence-corrected chi connectivity index (χ1v) is 9.75. The summed E-state index contributed by atoms with van der Waals surface area (Å²) >= 11 is -0.140. The summed E-state index contributed by atoms with van der Waals surface area (Å²) in [7, 11) is 0. The number of halogens is 3. The maximum absolute atomic E-state index is 12.4. The van der Waals surface area contributed by atoms with Gasteiger partial charge in [-0.1, -0.05) is 48.5 Å². The zero-order valence-electron chi connectivity index (χ0n) is 15.2. The van der Waals surface area contributed by atoms with Crippen LogP contribution >= 0.6 is 11.8 Å². The van der Waals surface area contributed by atoms with Gasteiger partial charge in [0.1, 0.15) is 0 Å². The molecule has 2 aromatic carbocycles. The molecule has 0 unspecified atom stereocenters. The molecule has 0 fully saturated rings. The lowest BCUT2D eigenvalue weighted by Crippen LogP contribution is -2.28. The Morgan fingerprint density at radius 2 is 1.75 bits per heavy atom. The van der Waals surface area contributed by atoms with Crippen LogP contribution in [0.15, 0.2) is 54.6 Å². The predicted molar refractivity (Wildman–Crippen MR) is 107 cm³/mol. The molecule has 0 aliphatic carbocycles. The second kappa shape index (κ2) is 8.65. The Kier molecular flexibility index (Phi) is 6.24. The van der Waals surface area contributed by atoms with Crippen molar-refractivity contribution < 1.29 is 18.0 Å². The van der Waals surface area contributed by atoms with Crippen molar-refractivity contribution in [1.29, 1.82) is 0 Å². The molecule has 1 N–H and O–H groups in total. The van der Waals surface area contributed by atoms with E-state index in [4.69, 9.17) is 0 Å². The van der Waals surface area contributed by atoms with Crippen molar-refractivity contribution in [2.75, 3.05) is 12.3 Å².